The van der Waals surface area contributed by atoms with Crippen LogP contribution in [-0.4, -0.2) is 18.5 Å². The van der Waals surface area contributed by atoms with Gasteiger partial charge in [0.25, 0.3) is 0 Å². The Kier molecular flexibility index (Phi) is 4.02. The second-order valence-corrected chi connectivity index (χ2v) is 5.46. The number of aryl methyl sites for hydroxylation is 1. The minimum Gasteiger partial charge on any atom is -0.320 e. The first kappa shape index (κ1) is 13.1. The monoisotopic (exact) mass is 246 g/mol. The van der Waals surface area contributed by atoms with E-state index in [9.17, 15) is 4.79 Å². The number of carbonyl (C=O) groups excluding carboxylic acids is 1. The van der Waals surface area contributed by atoms with E-state index in [0.717, 1.165) is 31.5 Å². The van der Waals surface area contributed by atoms with Crippen molar-refractivity contribution < 1.29 is 4.79 Å². The number of nitrogens with zero attached hydrogens (tertiary/aromatic N) is 1. The third-order valence-electron chi connectivity index (χ3n) is 3.42. The van der Waals surface area contributed by atoms with Crippen LogP contribution in [0.3, 0.4) is 0 Å². The van der Waals surface area contributed by atoms with Crippen LogP contribution in [0.4, 0.5) is 5.69 Å². The standard InChI is InChI=1S/C15H22N2O/c1-11(2)10-13(16)15(18)17-9-5-7-12-6-3-4-8-14(12)17/h3-4,6,8,11,13H,5,7,9-10,16H2,1-2H3/t13-/m1/s1. The van der Waals surface area contributed by atoms with E-state index in [4.69, 9.17) is 5.73 Å². The highest BCUT2D eigenvalue weighted by Crippen LogP contribution is 2.27. The van der Waals surface area contributed by atoms with Crippen molar-refractivity contribution in [3.8, 4) is 0 Å². The molecule has 3 heteroatoms. The summed E-state index contributed by atoms with van der Waals surface area (Å²) in [5.74, 6) is 0.514. The molecule has 0 saturated carbocycles. The second-order valence-electron chi connectivity index (χ2n) is 5.46. The Bertz CT molecular complexity index is 428. The lowest BCUT2D eigenvalue weighted by atomic mass is 9.99. The molecule has 0 fully saturated rings. The van der Waals surface area contributed by atoms with Gasteiger partial charge in [-0.05, 0) is 36.8 Å². The average molecular weight is 246 g/mol. The summed E-state index contributed by atoms with van der Waals surface area (Å²) >= 11 is 0. The van der Waals surface area contributed by atoms with Gasteiger partial charge in [-0.25, -0.2) is 0 Å². The lowest BCUT2D eigenvalue weighted by Gasteiger charge is -2.31. The quantitative estimate of drug-likeness (QED) is 0.889. The molecule has 1 heterocycles. The number of fused-ring (bicyclic) bond motifs is 1. The van der Waals surface area contributed by atoms with Gasteiger partial charge in [-0.15, -0.1) is 0 Å². The summed E-state index contributed by atoms with van der Waals surface area (Å²) in [5, 5.41) is 0. The highest BCUT2D eigenvalue weighted by Gasteiger charge is 2.26. The molecule has 0 aliphatic carbocycles. The fraction of sp³-hybridized carbons (Fsp3) is 0.533. The predicted molar refractivity (Wildman–Crippen MR) is 74.5 cm³/mol. The van der Waals surface area contributed by atoms with Gasteiger partial charge >= 0.3 is 0 Å². The number of rotatable bonds is 3. The molecule has 1 aromatic carbocycles. The molecule has 0 aromatic heterocycles. The van der Waals surface area contributed by atoms with Crippen LogP contribution in [0.25, 0.3) is 0 Å². The molecule has 3 nitrogen and oxygen atoms in total. The van der Waals surface area contributed by atoms with E-state index in [1.54, 1.807) is 0 Å². The Morgan fingerprint density at radius 1 is 1.39 bits per heavy atom. The Hall–Kier alpha value is -1.35. The first-order chi connectivity index (χ1) is 8.59. The molecule has 0 saturated heterocycles. The SMILES string of the molecule is CC(C)C[C@@H](N)C(=O)N1CCCc2ccccc21. The average Bonchev–Trinajstić information content (AvgIpc) is 2.36. The first-order valence-electron chi connectivity index (χ1n) is 6.74. The van der Waals surface area contributed by atoms with E-state index in [1.165, 1.54) is 5.56 Å². The van der Waals surface area contributed by atoms with Crippen LogP contribution in [0.1, 0.15) is 32.3 Å². The number of nitrogens with two attached hydrogens (primary N) is 1. The van der Waals surface area contributed by atoms with Crippen LogP contribution in [-0.2, 0) is 11.2 Å². The maximum atomic E-state index is 12.4. The molecule has 0 bridgehead atoms. The third kappa shape index (κ3) is 2.72. The van der Waals surface area contributed by atoms with Gasteiger partial charge < -0.3 is 10.6 Å². The van der Waals surface area contributed by atoms with Crippen LogP contribution in [0.5, 0.6) is 0 Å². The molecule has 2 N–H and O–H groups in total. The number of amides is 1. The Balaban J connectivity index is 2.17. The Morgan fingerprint density at radius 3 is 2.83 bits per heavy atom. The second kappa shape index (κ2) is 5.53. The van der Waals surface area contributed by atoms with Gasteiger partial charge in [0.2, 0.25) is 5.91 Å². The smallest absolute Gasteiger partial charge is 0.243 e. The van der Waals surface area contributed by atoms with Crippen LogP contribution in [0.2, 0.25) is 0 Å². The molecule has 1 aliphatic rings. The van der Waals surface area contributed by atoms with Crippen molar-refractivity contribution in [2.24, 2.45) is 11.7 Å². The van der Waals surface area contributed by atoms with Crippen molar-refractivity contribution in [2.45, 2.75) is 39.2 Å². The minimum atomic E-state index is -0.379. The molecule has 1 aliphatic heterocycles. The Labute approximate surface area is 109 Å². The van der Waals surface area contributed by atoms with Gasteiger partial charge in [-0.2, -0.15) is 0 Å². The van der Waals surface area contributed by atoms with Gasteiger partial charge in [0.15, 0.2) is 0 Å². The largest absolute Gasteiger partial charge is 0.320 e. The zero-order valence-electron chi connectivity index (χ0n) is 11.2. The van der Waals surface area contributed by atoms with Crippen molar-refractivity contribution in [1.29, 1.82) is 0 Å². The highest BCUT2D eigenvalue weighted by atomic mass is 16.2. The summed E-state index contributed by atoms with van der Waals surface area (Å²) in [6.07, 6.45) is 2.83. The van der Waals surface area contributed by atoms with E-state index < -0.39 is 0 Å². The number of para-hydroxylation sites is 1. The fourth-order valence-corrected chi connectivity index (χ4v) is 2.57. The van der Waals surface area contributed by atoms with Gasteiger partial charge in [0, 0.05) is 12.2 Å². The van der Waals surface area contributed by atoms with Crippen LogP contribution < -0.4 is 10.6 Å². The molecule has 98 valence electrons. The van der Waals surface area contributed by atoms with E-state index >= 15 is 0 Å². The maximum Gasteiger partial charge on any atom is 0.243 e. The molecule has 0 spiro atoms. The van der Waals surface area contributed by atoms with Crippen molar-refractivity contribution in [3.05, 3.63) is 29.8 Å². The van der Waals surface area contributed by atoms with Crippen LogP contribution >= 0.6 is 0 Å². The molecule has 0 unspecified atom stereocenters. The van der Waals surface area contributed by atoms with Crippen molar-refractivity contribution in [1.82, 2.24) is 0 Å². The highest BCUT2D eigenvalue weighted by molar-refractivity contribution is 5.98. The normalized spacial score (nSPS) is 16.6. The number of hydrogen-bond donors (Lipinski definition) is 1. The van der Waals surface area contributed by atoms with Gasteiger partial charge in [-0.1, -0.05) is 32.0 Å². The summed E-state index contributed by atoms with van der Waals surface area (Å²) in [4.78, 5) is 14.3. The van der Waals surface area contributed by atoms with E-state index in [0.29, 0.717) is 5.92 Å². The molecule has 1 atom stereocenters. The van der Waals surface area contributed by atoms with Crippen LogP contribution in [0, 0.1) is 5.92 Å². The van der Waals surface area contributed by atoms with Crippen LogP contribution in [0.15, 0.2) is 24.3 Å². The summed E-state index contributed by atoms with van der Waals surface area (Å²) in [6, 6.07) is 7.76. The van der Waals surface area contributed by atoms with Gasteiger partial charge in [0.05, 0.1) is 6.04 Å². The maximum absolute atomic E-state index is 12.4. The first-order valence-corrected chi connectivity index (χ1v) is 6.74. The number of anilines is 1. The zero-order valence-corrected chi connectivity index (χ0v) is 11.2. The molecule has 1 aromatic rings. The molecule has 18 heavy (non-hydrogen) atoms. The fourth-order valence-electron chi connectivity index (χ4n) is 2.57. The predicted octanol–water partition coefficient (Wildman–Crippen LogP) is 2.34. The molecular formula is C15H22N2O. The summed E-state index contributed by atoms with van der Waals surface area (Å²) < 4.78 is 0. The minimum absolute atomic E-state index is 0.0656. The molecule has 0 radical (unpaired) electrons. The summed E-state index contributed by atoms with van der Waals surface area (Å²) in [7, 11) is 0. The molecule has 2 rings (SSSR count). The molecule has 1 amide bonds. The molecular weight excluding hydrogens is 224 g/mol. The van der Waals surface area contributed by atoms with Crippen molar-refractivity contribution in [2.75, 3.05) is 11.4 Å². The van der Waals surface area contributed by atoms with E-state index in [2.05, 4.69) is 19.9 Å². The van der Waals surface area contributed by atoms with Gasteiger partial charge in [0.1, 0.15) is 0 Å². The zero-order chi connectivity index (χ0) is 13.1. The Morgan fingerprint density at radius 2 is 2.11 bits per heavy atom. The lowest BCUT2D eigenvalue weighted by Crippen LogP contribution is -2.46. The summed E-state index contributed by atoms with van der Waals surface area (Å²) in [6.45, 7) is 4.98. The van der Waals surface area contributed by atoms with E-state index in [1.807, 2.05) is 23.1 Å². The lowest BCUT2D eigenvalue weighted by molar-refractivity contribution is -0.120. The summed E-state index contributed by atoms with van der Waals surface area (Å²) in [5.41, 5.74) is 8.32. The third-order valence-corrected chi connectivity index (χ3v) is 3.42. The number of hydrogen-bond acceptors (Lipinski definition) is 2. The number of carbonyl (C=O) groups is 1. The van der Waals surface area contributed by atoms with E-state index in [-0.39, 0.29) is 11.9 Å². The van der Waals surface area contributed by atoms with Gasteiger partial charge in [-0.3, -0.25) is 4.79 Å². The van der Waals surface area contributed by atoms with Crippen molar-refractivity contribution >= 4 is 11.6 Å². The number of benzene rings is 1. The topological polar surface area (TPSA) is 46.3 Å². The van der Waals surface area contributed by atoms with Crippen molar-refractivity contribution in [3.63, 3.8) is 0 Å².